The van der Waals surface area contributed by atoms with Gasteiger partial charge in [0.2, 0.25) is 0 Å². The second kappa shape index (κ2) is 7.37. The maximum Gasteiger partial charge on any atom is 0.306 e. The van der Waals surface area contributed by atoms with E-state index in [-0.39, 0.29) is 22.6 Å². The van der Waals surface area contributed by atoms with Crippen LogP contribution in [0.3, 0.4) is 0 Å². The van der Waals surface area contributed by atoms with Crippen LogP contribution in [0.4, 0.5) is 0 Å². The molecule has 0 fully saturated rings. The predicted molar refractivity (Wildman–Crippen MR) is 102 cm³/mol. The van der Waals surface area contributed by atoms with Gasteiger partial charge in [0.05, 0.1) is 18.6 Å². The summed E-state index contributed by atoms with van der Waals surface area (Å²) in [5, 5.41) is 9.41. The molecule has 0 aromatic carbocycles. The Hall–Kier alpha value is -0.176. The molecule has 0 bridgehead atoms. The number of aliphatic carboxylic acids is 1. The highest BCUT2D eigenvalue weighted by atomic mass is 28.4. The van der Waals surface area contributed by atoms with E-state index in [2.05, 4.69) is 67.7 Å². The SMILES string of the molecule is C[C@@H](O[Si](C)(C)C(C)(C)C)[C@@H](CC(=O)O)O[Si](C)(C)C(C)(C)C. The number of rotatable bonds is 7. The Morgan fingerprint density at radius 2 is 1.26 bits per heavy atom. The Morgan fingerprint density at radius 1 is 0.913 bits per heavy atom. The lowest BCUT2D eigenvalue weighted by Crippen LogP contribution is -2.51. The lowest BCUT2D eigenvalue weighted by atomic mass is 10.2. The number of carboxylic acids is 1. The molecule has 4 nitrogen and oxygen atoms in total. The van der Waals surface area contributed by atoms with Crippen LogP contribution < -0.4 is 0 Å². The van der Waals surface area contributed by atoms with Crippen LogP contribution in [0.15, 0.2) is 0 Å². The molecule has 0 amide bonds. The van der Waals surface area contributed by atoms with Crippen molar-refractivity contribution in [3.63, 3.8) is 0 Å². The summed E-state index contributed by atoms with van der Waals surface area (Å²) in [5.74, 6) is -0.834. The quantitative estimate of drug-likeness (QED) is 0.627. The van der Waals surface area contributed by atoms with Crippen LogP contribution in [-0.4, -0.2) is 39.9 Å². The van der Waals surface area contributed by atoms with Crippen molar-refractivity contribution in [3.8, 4) is 0 Å². The third-order valence-electron chi connectivity index (χ3n) is 5.44. The third kappa shape index (κ3) is 6.68. The van der Waals surface area contributed by atoms with Crippen molar-refractivity contribution in [2.24, 2.45) is 0 Å². The minimum absolute atomic E-state index is 0.0116. The smallest absolute Gasteiger partial charge is 0.306 e. The number of hydrogen-bond acceptors (Lipinski definition) is 3. The van der Waals surface area contributed by atoms with Crippen LogP contribution >= 0.6 is 0 Å². The van der Waals surface area contributed by atoms with Gasteiger partial charge in [-0.25, -0.2) is 0 Å². The molecule has 0 radical (unpaired) electrons. The van der Waals surface area contributed by atoms with Gasteiger partial charge in [0.15, 0.2) is 16.6 Å². The van der Waals surface area contributed by atoms with Gasteiger partial charge in [0.25, 0.3) is 0 Å². The second-order valence-corrected chi connectivity index (χ2v) is 19.1. The predicted octanol–water partition coefficient (Wildman–Crippen LogP) is 5.26. The van der Waals surface area contributed by atoms with E-state index < -0.39 is 28.7 Å². The van der Waals surface area contributed by atoms with Gasteiger partial charge in [0.1, 0.15) is 0 Å². The summed E-state index contributed by atoms with van der Waals surface area (Å²) in [7, 11) is -4.01. The highest BCUT2D eigenvalue weighted by Crippen LogP contribution is 2.40. The Balaban J connectivity index is 5.30. The van der Waals surface area contributed by atoms with E-state index in [0.717, 1.165) is 0 Å². The average Bonchev–Trinajstić information content (AvgIpc) is 2.22. The van der Waals surface area contributed by atoms with Crippen molar-refractivity contribution in [1.29, 1.82) is 0 Å². The summed E-state index contributed by atoms with van der Waals surface area (Å²) in [6.07, 6.45) is -0.633. The largest absolute Gasteiger partial charge is 0.481 e. The normalized spacial score (nSPS) is 17.0. The molecule has 6 heteroatoms. The number of carbonyl (C=O) groups is 1. The highest BCUT2D eigenvalue weighted by Gasteiger charge is 2.44. The lowest BCUT2D eigenvalue weighted by Gasteiger charge is -2.44. The fraction of sp³-hybridized carbons (Fsp3) is 0.941. The molecule has 2 atom stereocenters. The van der Waals surface area contributed by atoms with Crippen molar-refractivity contribution < 1.29 is 18.8 Å². The summed E-state index contributed by atoms with van der Waals surface area (Å²) >= 11 is 0. The molecule has 138 valence electrons. The van der Waals surface area contributed by atoms with Crippen LogP contribution in [0.25, 0.3) is 0 Å². The van der Waals surface area contributed by atoms with Crippen LogP contribution in [0, 0.1) is 0 Å². The minimum Gasteiger partial charge on any atom is -0.481 e. The topological polar surface area (TPSA) is 55.8 Å². The Labute approximate surface area is 145 Å². The number of hydrogen-bond donors (Lipinski definition) is 1. The van der Waals surface area contributed by atoms with E-state index in [1.165, 1.54) is 0 Å². The maximum atomic E-state index is 11.3. The Bertz CT molecular complexity index is 406. The fourth-order valence-electron chi connectivity index (χ4n) is 1.75. The first-order valence-corrected chi connectivity index (χ1v) is 14.3. The van der Waals surface area contributed by atoms with Gasteiger partial charge in [-0.15, -0.1) is 0 Å². The second-order valence-electron chi connectivity index (χ2n) is 9.60. The summed E-state index contributed by atoms with van der Waals surface area (Å²) in [6.45, 7) is 23.7. The van der Waals surface area contributed by atoms with Crippen molar-refractivity contribution in [2.45, 2.75) is 103 Å². The van der Waals surface area contributed by atoms with Gasteiger partial charge in [-0.2, -0.15) is 0 Å². The van der Waals surface area contributed by atoms with E-state index in [1.807, 2.05) is 6.92 Å². The molecule has 0 saturated carbocycles. The Kier molecular flexibility index (Phi) is 7.32. The van der Waals surface area contributed by atoms with Crippen molar-refractivity contribution in [2.75, 3.05) is 0 Å². The van der Waals surface area contributed by atoms with Gasteiger partial charge in [0, 0.05) is 0 Å². The standard InChI is InChI=1S/C17H38O4Si2/c1-13(20-22(8,9)16(2,3)4)14(12-15(18)19)21-23(10,11)17(5,6)7/h13-14H,12H2,1-11H3,(H,18,19)/t13-,14-/m1/s1. The fourth-order valence-corrected chi connectivity index (χ4v) is 4.57. The van der Waals surface area contributed by atoms with Gasteiger partial charge in [-0.05, 0) is 43.2 Å². The highest BCUT2D eigenvalue weighted by molar-refractivity contribution is 6.74. The third-order valence-corrected chi connectivity index (χ3v) is 14.5. The molecular weight excluding hydrogens is 324 g/mol. The van der Waals surface area contributed by atoms with Crippen LogP contribution in [0.1, 0.15) is 54.9 Å². The Morgan fingerprint density at radius 3 is 1.57 bits per heavy atom. The first-order chi connectivity index (χ1) is 9.91. The first kappa shape index (κ1) is 22.8. The molecule has 0 aromatic rings. The van der Waals surface area contributed by atoms with E-state index >= 15 is 0 Å². The van der Waals surface area contributed by atoms with E-state index in [4.69, 9.17) is 8.85 Å². The zero-order valence-corrected chi connectivity index (χ0v) is 19.0. The molecule has 0 heterocycles. The van der Waals surface area contributed by atoms with Crippen LogP contribution in [-0.2, 0) is 13.6 Å². The van der Waals surface area contributed by atoms with Crippen LogP contribution in [0.2, 0.25) is 36.3 Å². The minimum atomic E-state index is -2.05. The molecule has 23 heavy (non-hydrogen) atoms. The monoisotopic (exact) mass is 362 g/mol. The molecule has 0 spiro atoms. The molecule has 1 N–H and O–H groups in total. The molecule has 0 saturated heterocycles. The number of carboxylic acid groups (broad SMARTS) is 1. The van der Waals surface area contributed by atoms with E-state index in [0.29, 0.717) is 0 Å². The molecular formula is C17H38O4Si2. The van der Waals surface area contributed by atoms with E-state index in [9.17, 15) is 9.90 Å². The zero-order chi connectivity index (χ0) is 18.9. The van der Waals surface area contributed by atoms with Crippen molar-refractivity contribution in [1.82, 2.24) is 0 Å². The summed E-state index contributed by atoms with van der Waals surface area (Å²) in [5.41, 5.74) is 0. The van der Waals surface area contributed by atoms with Gasteiger partial charge in [-0.1, -0.05) is 41.5 Å². The molecule has 0 aliphatic carbocycles. The summed E-state index contributed by atoms with van der Waals surface area (Å²) in [4.78, 5) is 11.3. The van der Waals surface area contributed by atoms with Crippen molar-refractivity contribution in [3.05, 3.63) is 0 Å². The van der Waals surface area contributed by atoms with Crippen molar-refractivity contribution >= 4 is 22.6 Å². The molecule has 0 aromatic heterocycles. The summed E-state index contributed by atoms with van der Waals surface area (Å²) in [6, 6.07) is 0. The lowest BCUT2D eigenvalue weighted by molar-refractivity contribution is -0.140. The molecule has 0 rings (SSSR count). The van der Waals surface area contributed by atoms with Gasteiger partial charge >= 0.3 is 5.97 Å². The van der Waals surface area contributed by atoms with Gasteiger partial charge in [-0.3, -0.25) is 4.79 Å². The molecule has 0 aliphatic heterocycles. The first-order valence-electron chi connectivity index (χ1n) is 8.48. The maximum absolute atomic E-state index is 11.3. The van der Waals surface area contributed by atoms with E-state index in [1.54, 1.807) is 0 Å². The summed E-state index contributed by atoms with van der Waals surface area (Å²) < 4.78 is 12.8. The molecule has 0 aliphatic rings. The van der Waals surface area contributed by atoms with Crippen LogP contribution in [0.5, 0.6) is 0 Å². The van der Waals surface area contributed by atoms with Gasteiger partial charge < -0.3 is 14.0 Å². The molecule has 0 unspecified atom stereocenters. The average molecular weight is 363 g/mol. The zero-order valence-electron chi connectivity index (χ0n) is 17.0.